The van der Waals surface area contributed by atoms with Crippen LogP contribution in [0.5, 0.6) is 0 Å². The SMILES string of the molecule is COCCN1CCN(CCc2ccc([N+](=O)[O-])cc2)CC1. The second-order valence-electron chi connectivity index (χ2n) is 5.35. The molecule has 0 amide bonds. The van der Waals surface area contributed by atoms with Crippen molar-refractivity contribution in [3.63, 3.8) is 0 Å². The van der Waals surface area contributed by atoms with E-state index in [1.807, 2.05) is 12.1 Å². The molecule has 2 rings (SSSR count). The molecule has 1 aliphatic rings. The molecule has 0 radical (unpaired) electrons. The predicted molar refractivity (Wildman–Crippen MR) is 81.6 cm³/mol. The van der Waals surface area contributed by atoms with Crippen LogP contribution in [0.25, 0.3) is 0 Å². The first-order valence-corrected chi connectivity index (χ1v) is 7.36. The molecule has 1 saturated heterocycles. The maximum Gasteiger partial charge on any atom is 0.269 e. The number of nitrogens with zero attached hydrogens (tertiary/aromatic N) is 3. The highest BCUT2D eigenvalue weighted by molar-refractivity contribution is 5.32. The van der Waals surface area contributed by atoms with Crippen LogP contribution in [0.1, 0.15) is 5.56 Å². The topological polar surface area (TPSA) is 58.8 Å². The van der Waals surface area contributed by atoms with E-state index >= 15 is 0 Å². The molecule has 0 spiro atoms. The maximum absolute atomic E-state index is 10.6. The van der Waals surface area contributed by atoms with Crippen molar-refractivity contribution in [1.82, 2.24) is 9.80 Å². The molecule has 0 aromatic heterocycles. The Morgan fingerprint density at radius 1 is 1.10 bits per heavy atom. The fourth-order valence-electron chi connectivity index (χ4n) is 2.53. The second kappa shape index (κ2) is 8.07. The Morgan fingerprint density at radius 3 is 2.19 bits per heavy atom. The molecular weight excluding hydrogens is 270 g/mol. The van der Waals surface area contributed by atoms with Crippen molar-refractivity contribution in [2.24, 2.45) is 0 Å². The molecule has 6 nitrogen and oxygen atoms in total. The van der Waals surface area contributed by atoms with Gasteiger partial charge in [-0.05, 0) is 12.0 Å². The van der Waals surface area contributed by atoms with Crippen molar-refractivity contribution < 1.29 is 9.66 Å². The van der Waals surface area contributed by atoms with Crippen LogP contribution in [0.15, 0.2) is 24.3 Å². The Hall–Kier alpha value is -1.50. The zero-order valence-electron chi connectivity index (χ0n) is 12.5. The predicted octanol–water partition coefficient (Wildman–Crippen LogP) is 1.40. The average molecular weight is 293 g/mol. The largest absolute Gasteiger partial charge is 0.383 e. The molecule has 0 atom stereocenters. The molecule has 21 heavy (non-hydrogen) atoms. The number of nitro groups is 1. The third-order valence-electron chi connectivity index (χ3n) is 3.94. The van der Waals surface area contributed by atoms with Crippen molar-refractivity contribution in [2.45, 2.75) is 6.42 Å². The molecule has 116 valence electrons. The van der Waals surface area contributed by atoms with Gasteiger partial charge in [-0.1, -0.05) is 12.1 Å². The molecular formula is C15H23N3O3. The van der Waals surface area contributed by atoms with Gasteiger partial charge in [0, 0.05) is 58.5 Å². The van der Waals surface area contributed by atoms with Gasteiger partial charge in [-0.2, -0.15) is 0 Å². The first-order chi connectivity index (χ1) is 10.2. The van der Waals surface area contributed by atoms with E-state index in [4.69, 9.17) is 4.74 Å². The highest BCUT2D eigenvalue weighted by atomic mass is 16.6. The molecule has 0 saturated carbocycles. The zero-order valence-corrected chi connectivity index (χ0v) is 12.5. The molecule has 0 N–H and O–H groups in total. The van der Waals surface area contributed by atoms with Crippen LogP contribution >= 0.6 is 0 Å². The number of rotatable bonds is 7. The summed E-state index contributed by atoms with van der Waals surface area (Å²) in [5.41, 5.74) is 1.31. The van der Waals surface area contributed by atoms with Crippen molar-refractivity contribution in [3.8, 4) is 0 Å². The molecule has 1 aliphatic heterocycles. The van der Waals surface area contributed by atoms with Gasteiger partial charge < -0.3 is 9.64 Å². The van der Waals surface area contributed by atoms with Crippen molar-refractivity contribution in [2.75, 3.05) is 53.0 Å². The third kappa shape index (κ3) is 5.08. The molecule has 0 bridgehead atoms. The molecule has 6 heteroatoms. The van der Waals surface area contributed by atoms with Crippen LogP contribution in [0, 0.1) is 10.1 Å². The summed E-state index contributed by atoms with van der Waals surface area (Å²) in [7, 11) is 1.74. The lowest BCUT2D eigenvalue weighted by molar-refractivity contribution is -0.384. The van der Waals surface area contributed by atoms with Gasteiger partial charge in [0.2, 0.25) is 0 Å². The van der Waals surface area contributed by atoms with Crippen LogP contribution in [-0.4, -0.2) is 67.7 Å². The standard InChI is InChI=1S/C15H23N3O3/c1-21-13-12-17-10-8-16(9-11-17)7-6-14-2-4-15(5-3-14)18(19)20/h2-5H,6-13H2,1H3. The van der Waals surface area contributed by atoms with E-state index in [9.17, 15) is 10.1 Å². The normalized spacial score (nSPS) is 17.0. The van der Waals surface area contributed by atoms with Crippen molar-refractivity contribution in [3.05, 3.63) is 39.9 Å². The summed E-state index contributed by atoms with van der Waals surface area (Å²) in [5.74, 6) is 0. The summed E-state index contributed by atoms with van der Waals surface area (Å²) in [5, 5.41) is 10.6. The van der Waals surface area contributed by atoms with Crippen molar-refractivity contribution >= 4 is 5.69 Å². The summed E-state index contributed by atoms with van der Waals surface area (Å²) in [6.07, 6.45) is 0.941. The van der Waals surface area contributed by atoms with E-state index in [-0.39, 0.29) is 10.6 Å². The number of hydrogen-bond acceptors (Lipinski definition) is 5. The lowest BCUT2D eigenvalue weighted by atomic mass is 10.1. The van der Waals surface area contributed by atoms with Crippen LogP contribution in [0.2, 0.25) is 0 Å². The Labute approximate surface area is 125 Å². The summed E-state index contributed by atoms with van der Waals surface area (Å²) >= 11 is 0. The molecule has 1 heterocycles. The van der Waals surface area contributed by atoms with E-state index in [2.05, 4.69) is 9.80 Å². The number of nitro benzene ring substituents is 1. The highest BCUT2D eigenvalue weighted by Gasteiger charge is 2.16. The fraction of sp³-hybridized carbons (Fsp3) is 0.600. The van der Waals surface area contributed by atoms with E-state index in [1.54, 1.807) is 19.2 Å². The average Bonchev–Trinajstić information content (AvgIpc) is 2.52. The van der Waals surface area contributed by atoms with Crippen LogP contribution in [-0.2, 0) is 11.2 Å². The van der Waals surface area contributed by atoms with Gasteiger partial charge in [-0.3, -0.25) is 15.0 Å². The number of hydrogen-bond donors (Lipinski definition) is 0. The Morgan fingerprint density at radius 2 is 1.67 bits per heavy atom. The van der Waals surface area contributed by atoms with Gasteiger partial charge in [-0.25, -0.2) is 0 Å². The molecule has 0 unspecified atom stereocenters. The Balaban J connectivity index is 1.70. The fourth-order valence-corrected chi connectivity index (χ4v) is 2.53. The number of ether oxygens (including phenoxy) is 1. The minimum absolute atomic E-state index is 0.158. The maximum atomic E-state index is 10.6. The lowest BCUT2D eigenvalue weighted by Gasteiger charge is -2.34. The van der Waals surface area contributed by atoms with Gasteiger partial charge in [0.1, 0.15) is 0 Å². The summed E-state index contributed by atoms with van der Waals surface area (Å²) in [6, 6.07) is 6.87. The second-order valence-corrected chi connectivity index (χ2v) is 5.35. The minimum atomic E-state index is -0.358. The van der Waals surface area contributed by atoms with E-state index in [0.29, 0.717) is 0 Å². The van der Waals surface area contributed by atoms with Gasteiger partial charge in [0.05, 0.1) is 11.5 Å². The third-order valence-corrected chi connectivity index (χ3v) is 3.94. The molecule has 1 aromatic rings. The number of non-ortho nitro benzene ring substituents is 1. The first kappa shape index (κ1) is 15.9. The molecule has 1 fully saturated rings. The summed E-state index contributed by atoms with van der Waals surface area (Å²) in [6.45, 7) is 7.14. The monoisotopic (exact) mass is 293 g/mol. The van der Waals surface area contributed by atoms with Crippen LogP contribution in [0.4, 0.5) is 5.69 Å². The smallest absolute Gasteiger partial charge is 0.269 e. The summed E-state index contributed by atoms with van der Waals surface area (Å²) in [4.78, 5) is 15.1. The van der Waals surface area contributed by atoms with Crippen LogP contribution in [0.3, 0.4) is 0 Å². The Bertz CT molecular complexity index is 442. The van der Waals surface area contributed by atoms with E-state index in [0.717, 1.165) is 57.9 Å². The Kier molecular flexibility index (Phi) is 6.10. The van der Waals surface area contributed by atoms with Crippen LogP contribution < -0.4 is 0 Å². The van der Waals surface area contributed by atoms with Crippen molar-refractivity contribution in [1.29, 1.82) is 0 Å². The van der Waals surface area contributed by atoms with Gasteiger partial charge in [0.15, 0.2) is 0 Å². The number of methoxy groups -OCH3 is 1. The lowest BCUT2D eigenvalue weighted by Crippen LogP contribution is -2.47. The molecule has 0 aliphatic carbocycles. The quantitative estimate of drug-likeness (QED) is 0.562. The number of piperazine rings is 1. The summed E-state index contributed by atoms with van der Waals surface area (Å²) < 4.78 is 5.10. The minimum Gasteiger partial charge on any atom is -0.383 e. The van der Waals surface area contributed by atoms with Gasteiger partial charge in [-0.15, -0.1) is 0 Å². The van der Waals surface area contributed by atoms with Gasteiger partial charge in [0.25, 0.3) is 5.69 Å². The molecule has 1 aromatic carbocycles. The van der Waals surface area contributed by atoms with E-state index in [1.165, 1.54) is 0 Å². The van der Waals surface area contributed by atoms with E-state index < -0.39 is 0 Å². The zero-order chi connectivity index (χ0) is 15.1. The van der Waals surface area contributed by atoms with Gasteiger partial charge >= 0.3 is 0 Å². The number of benzene rings is 1. The highest BCUT2D eigenvalue weighted by Crippen LogP contribution is 2.13. The first-order valence-electron chi connectivity index (χ1n) is 7.36.